The summed E-state index contributed by atoms with van der Waals surface area (Å²) in [5.41, 5.74) is 1.19. The van der Waals surface area contributed by atoms with E-state index in [2.05, 4.69) is 33.8 Å². The van der Waals surface area contributed by atoms with E-state index in [9.17, 15) is 9.90 Å². The second-order valence-corrected chi connectivity index (χ2v) is 7.20. The van der Waals surface area contributed by atoms with Gasteiger partial charge in [-0.25, -0.2) is 0 Å². The zero-order valence-electron chi connectivity index (χ0n) is 12.3. The average Bonchev–Trinajstić information content (AvgIpc) is 2.86. The molecule has 21 heavy (non-hydrogen) atoms. The van der Waals surface area contributed by atoms with E-state index in [1.165, 1.54) is 24.8 Å². The number of nitrogens with zero attached hydrogens (tertiary/aromatic N) is 1. The molecule has 3 nitrogen and oxygen atoms in total. The molecule has 1 aromatic rings. The van der Waals surface area contributed by atoms with Gasteiger partial charge >= 0.3 is 5.97 Å². The summed E-state index contributed by atoms with van der Waals surface area (Å²) in [6, 6.07) is 8.40. The maximum absolute atomic E-state index is 11.7. The number of rotatable bonds is 3. The fourth-order valence-electron chi connectivity index (χ4n) is 4.26. The topological polar surface area (TPSA) is 40.5 Å². The first-order chi connectivity index (χ1) is 10.1. The van der Waals surface area contributed by atoms with E-state index in [1.807, 2.05) is 18.2 Å². The van der Waals surface area contributed by atoms with Crippen molar-refractivity contribution in [2.24, 2.45) is 5.92 Å². The number of hydrogen-bond acceptors (Lipinski definition) is 2. The molecular formula is C17H22BrNO2. The Kier molecular flexibility index (Phi) is 4.36. The van der Waals surface area contributed by atoms with E-state index in [0.717, 1.165) is 17.3 Å². The highest BCUT2D eigenvalue weighted by atomic mass is 79.9. The molecule has 2 fully saturated rings. The predicted octanol–water partition coefficient (Wildman–Crippen LogP) is 4.23. The van der Waals surface area contributed by atoms with Gasteiger partial charge in [0.05, 0.1) is 0 Å². The summed E-state index contributed by atoms with van der Waals surface area (Å²) >= 11 is 3.61. The molecule has 0 radical (unpaired) electrons. The molecule has 1 saturated carbocycles. The quantitative estimate of drug-likeness (QED) is 0.885. The molecule has 0 amide bonds. The van der Waals surface area contributed by atoms with Crippen LogP contribution in [-0.2, 0) is 4.79 Å². The van der Waals surface area contributed by atoms with Crippen molar-refractivity contribution in [1.82, 2.24) is 4.90 Å². The number of benzene rings is 1. The van der Waals surface area contributed by atoms with E-state index < -0.39 is 5.97 Å². The van der Waals surface area contributed by atoms with Crippen molar-refractivity contribution in [3.8, 4) is 0 Å². The molecule has 1 aliphatic carbocycles. The van der Waals surface area contributed by atoms with Crippen molar-refractivity contribution >= 4 is 21.9 Å². The molecule has 2 aliphatic rings. The molecule has 1 aromatic carbocycles. The molecule has 1 N–H and O–H groups in total. The van der Waals surface area contributed by atoms with Crippen molar-refractivity contribution < 1.29 is 9.90 Å². The molecular weight excluding hydrogens is 330 g/mol. The first-order valence-electron chi connectivity index (χ1n) is 7.84. The van der Waals surface area contributed by atoms with Gasteiger partial charge in [-0.3, -0.25) is 9.69 Å². The molecule has 4 atom stereocenters. The summed E-state index contributed by atoms with van der Waals surface area (Å²) in [4.78, 5) is 14.0. The average molecular weight is 352 g/mol. The molecule has 0 bridgehead atoms. The Morgan fingerprint density at radius 3 is 2.76 bits per heavy atom. The largest absolute Gasteiger partial charge is 0.480 e. The number of halogens is 1. The SMILES string of the molecule is CC(c1ccccc1Br)N1C(C(=O)O)CC2CCCCC21. The molecule has 114 valence electrons. The standard InChI is InChI=1S/C17H22BrNO2/c1-11(13-7-3-4-8-14(13)18)19-15-9-5-2-6-12(15)10-16(19)17(20)21/h3-4,7-8,11-12,15-16H,2,5-6,9-10H2,1H3,(H,20,21). The monoisotopic (exact) mass is 351 g/mol. The lowest BCUT2D eigenvalue weighted by Crippen LogP contribution is -2.43. The van der Waals surface area contributed by atoms with Gasteiger partial charge in [0.25, 0.3) is 0 Å². The molecule has 3 rings (SSSR count). The Hall–Kier alpha value is -0.870. The van der Waals surface area contributed by atoms with Crippen molar-refractivity contribution in [2.45, 2.75) is 57.2 Å². The molecule has 4 heteroatoms. The third-order valence-corrected chi connectivity index (χ3v) is 5.95. The van der Waals surface area contributed by atoms with Crippen LogP contribution in [0.3, 0.4) is 0 Å². The minimum Gasteiger partial charge on any atom is -0.480 e. The predicted molar refractivity (Wildman–Crippen MR) is 86.2 cm³/mol. The van der Waals surface area contributed by atoms with Crippen molar-refractivity contribution in [3.05, 3.63) is 34.3 Å². The van der Waals surface area contributed by atoms with Crippen LogP contribution in [0.5, 0.6) is 0 Å². The van der Waals surface area contributed by atoms with Crippen LogP contribution < -0.4 is 0 Å². The smallest absolute Gasteiger partial charge is 0.320 e. The molecule has 1 heterocycles. The van der Waals surface area contributed by atoms with Gasteiger partial charge in [-0.05, 0) is 43.7 Å². The molecule has 0 aromatic heterocycles. The maximum atomic E-state index is 11.7. The maximum Gasteiger partial charge on any atom is 0.320 e. The van der Waals surface area contributed by atoms with E-state index in [-0.39, 0.29) is 12.1 Å². The second kappa shape index (κ2) is 6.09. The zero-order valence-corrected chi connectivity index (χ0v) is 13.9. The first kappa shape index (κ1) is 15.0. The van der Waals surface area contributed by atoms with E-state index in [4.69, 9.17) is 0 Å². The second-order valence-electron chi connectivity index (χ2n) is 6.35. The third-order valence-electron chi connectivity index (χ3n) is 5.23. The Bertz CT molecular complexity index is 533. The number of aliphatic carboxylic acids is 1. The Labute approximate surface area is 134 Å². The lowest BCUT2D eigenvalue weighted by atomic mass is 9.84. The molecule has 4 unspecified atom stereocenters. The van der Waals surface area contributed by atoms with Gasteiger partial charge in [-0.2, -0.15) is 0 Å². The Morgan fingerprint density at radius 1 is 1.33 bits per heavy atom. The van der Waals surface area contributed by atoms with Crippen LogP contribution >= 0.6 is 15.9 Å². The van der Waals surface area contributed by atoms with Gasteiger partial charge < -0.3 is 5.11 Å². The van der Waals surface area contributed by atoms with E-state index in [0.29, 0.717) is 12.0 Å². The summed E-state index contributed by atoms with van der Waals surface area (Å²) in [7, 11) is 0. The summed E-state index contributed by atoms with van der Waals surface area (Å²) in [6.07, 6.45) is 5.63. The number of likely N-dealkylation sites (tertiary alicyclic amines) is 1. The fraction of sp³-hybridized carbons (Fsp3) is 0.588. The van der Waals surface area contributed by atoms with Crippen molar-refractivity contribution in [3.63, 3.8) is 0 Å². The van der Waals surface area contributed by atoms with Gasteiger partial charge in [0.15, 0.2) is 0 Å². The van der Waals surface area contributed by atoms with Crippen LogP contribution in [0.2, 0.25) is 0 Å². The van der Waals surface area contributed by atoms with Crippen LogP contribution in [0.4, 0.5) is 0 Å². The Balaban J connectivity index is 1.93. The molecule has 1 aliphatic heterocycles. The van der Waals surface area contributed by atoms with Crippen LogP contribution in [0.1, 0.15) is 50.6 Å². The highest BCUT2D eigenvalue weighted by molar-refractivity contribution is 9.10. The van der Waals surface area contributed by atoms with Gasteiger partial charge in [-0.15, -0.1) is 0 Å². The summed E-state index contributed by atoms with van der Waals surface area (Å²) in [5, 5.41) is 9.64. The fourth-order valence-corrected chi connectivity index (χ4v) is 4.87. The van der Waals surface area contributed by atoms with E-state index >= 15 is 0 Å². The van der Waals surface area contributed by atoms with Crippen LogP contribution in [0.15, 0.2) is 28.7 Å². The lowest BCUT2D eigenvalue weighted by molar-refractivity contribution is -0.143. The normalized spacial score (nSPS) is 30.9. The number of carboxylic acids is 1. The molecule has 1 saturated heterocycles. The Morgan fingerprint density at radius 2 is 2.05 bits per heavy atom. The molecule has 0 spiro atoms. The van der Waals surface area contributed by atoms with Crippen molar-refractivity contribution in [1.29, 1.82) is 0 Å². The first-order valence-corrected chi connectivity index (χ1v) is 8.63. The summed E-state index contributed by atoms with van der Waals surface area (Å²) in [6.45, 7) is 2.15. The van der Waals surface area contributed by atoms with E-state index in [1.54, 1.807) is 0 Å². The zero-order chi connectivity index (χ0) is 15.0. The third kappa shape index (κ3) is 2.76. The van der Waals surface area contributed by atoms with Gasteiger partial charge in [0, 0.05) is 16.6 Å². The number of carbonyl (C=O) groups is 1. The van der Waals surface area contributed by atoms with Gasteiger partial charge in [-0.1, -0.05) is 47.0 Å². The van der Waals surface area contributed by atoms with Crippen molar-refractivity contribution in [2.75, 3.05) is 0 Å². The number of hydrogen-bond donors (Lipinski definition) is 1. The summed E-state index contributed by atoms with van der Waals surface area (Å²) < 4.78 is 1.07. The highest BCUT2D eigenvalue weighted by Crippen LogP contribution is 2.44. The number of fused-ring (bicyclic) bond motifs is 1. The van der Waals surface area contributed by atoms with Crippen LogP contribution in [0, 0.1) is 5.92 Å². The van der Waals surface area contributed by atoms with Gasteiger partial charge in [0.2, 0.25) is 0 Å². The highest BCUT2D eigenvalue weighted by Gasteiger charge is 2.47. The van der Waals surface area contributed by atoms with Crippen LogP contribution in [-0.4, -0.2) is 28.1 Å². The minimum atomic E-state index is -0.664. The van der Waals surface area contributed by atoms with Gasteiger partial charge in [0.1, 0.15) is 6.04 Å². The summed E-state index contributed by atoms with van der Waals surface area (Å²) in [5.74, 6) is -0.104. The minimum absolute atomic E-state index is 0.134. The van der Waals surface area contributed by atoms with Crippen LogP contribution in [0.25, 0.3) is 0 Å². The lowest BCUT2D eigenvalue weighted by Gasteiger charge is -2.37. The number of carboxylic acid groups (broad SMARTS) is 1.